The summed E-state index contributed by atoms with van der Waals surface area (Å²) >= 11 is 5.15. The SMILES string of the molecule is Cc1nc2cc(Nc3cc(Br)ccc3C)c(N)cc2s1. The molecular weight excluding hydrogens is 334 g/mol. The van der Waals surface area contributed by atoms with E-state index in [4.69, 9.17) is 5.73 Å². The number of aryl methyl sites for hydroxylation is 2. The highest BCUT2D eigenvalue weighted by Gasteiger charge is 2.08. The largest absolute Gasteiger partial charge is 0.397 e. The van der Waals surface area contributed by atoms with Crippen molar-refractivity contribution in [3.8, 4) is 0 Å². The number of rotatable bonds is 2. The van der Waals surface area contributed by atoms with Crippen LogP contribution in [0.4, 0.5) is 17.1 Å². The summed E-state index contributed by atoms with van der Waals surface area (Å²) in [5.41, 5.74) is 11.0. The highest BCUT2D eigenvalue weighted by atomic mass is 79.9. The second-order valence-electron chi connectivity index (χ2n) is 4.72. The van der Waals surface area contributed by atoms with Gasteiger partial charge in [-0.1, -0.05) is 22.0 Å². The summed E-state index contributed by atoms with van der Waals surface area (Å²) in [6, 6.07) is 10.1. The van der Waals surface area contributed by atoms with E-state index in [1.54, 1.807) is 11.3 Å². The van der Waals surface area contributed by atoms with Crippen LogP contribution in [0.2, 0.25) is 0 Å². The fourth-order valence-electron chi connectivity index (χ4n) is 2.09. The van der Waals surface area contributed by atoms with Crippen LogP contribution in [-0.2, 0) is 0 Å². The van der Waals surface area contributed by atoms with Crippen molar-refractivity contribution >= 4 is 54.5 Å². The molecule has 102 valence electrons. The van der Waals surface area contributed by atoms with Gasteiger partial charge in [0.1, 0.15) is 0 Å². The standard InChI is InChI=1S/C15H14BrN3S/c1-8-3-4-10(16)5-12(8)19-13-7-14-15(6-11(13)17)20-9(2)18-14/h3-7,19H,17H2,1-2H3. The number of nitrogen functional groups attached to an aromatic ring is 1. The third kappa shape index (κ3) is 2.51. The van der Waals surface area contributed by atoms with E-state index in [0.29, 0.717) is 0 Å². The molecule has 0 unspecified atom stereocenters. The molecule has 0 saturated carbocycles. The van der Waals surface area contributed by atoms with Crippen LogP contribution in [0.3, 0.4) is 0 Å². The third-order valence-corrected chi connectivity index (χ3v) is 4.56. The van der Waals surface area contributed by atoms with E-state index in [9.17, 15) is 0 Å². The highest BCUT2D eigenvalue weighted by Crippen LogP contribution is 2.33. The number of benzene rings is 2. The maximum absolute atomic E-state index is 6.14. The van der Waals surface area contributed by atoms with Crippen LogP contribution in [0.15, 0.2) is 34.8 Å². The Morgan fingerprint density at radius 1 is 1.15 bits per heavy atom. The Kier molecular flexibility index (Phi) is 3.40. The lowest BCUT2D eigenvalue weighted by Gasteiger charge is -2.12. The van der Waals surface area contributed by atoms with Crippen molar-refractivity contribution in [2.75, 3.05) is 11.1 Å². The first-order chi connectivity index (χ1) is 9.52. The third-order valence-electron chi connectivity index (χ3n) is 3.14. The van der Waals surface area contributed by atoms with Crippen molar-refractivity contribution in [1.29, 1.82) is 0 Å². The molecule has 0 aliphatic carbocycles. The number of thiazole rings is 1. The number of nitrogens with two attached hydrogens (primary N) is 1. The van der Waals surface area contributed by atoms with Gasteiger partial charge in [-0.05, 0) is 43.7 Å². The van der Waals surface area contributed by atoms with Crippen LogP contribution in [-0.4, -0.2) is 4.98 Å². The molecule has 20 heavy (non-hydrogen) atoms. The van der Waals surface area contributed by atoms with Gasteiger partial charge in [0.2, 0.25) is 0 Å². The van der Waals surface area contributed by atoms with E-state index in [1.165, 1.54) is 5.56 Å². The van der Waals surface area contributed by atoms with Gasteiger partial charge in [0.15, 0.2) is 0 Å². The molecule has 3 nitrogen and oxygen atoms in total. The maximum atomic E-state index is 6.14. The number of halogens is 1. The van der Waals surface area contributed by atoms with Crippen molar-refractivity contribution < 1.29 is 0 Å². The van der Waals surface area contributed by atoms with Gasteiger partial charge >= 0.3 is 0 Å². The van der Waals surface area contributed by atoms with Crippen LogP contribution in [0.1, 0.15) is 10.6 Å². The summed E-state index contributed by atoms with van der Waals surface area (Å²) in [6.07, 6.45) is 0. The topological polar surface area (TPSA) is 50.9 Å². The minimum atomic E-state index is 0.737. The molecule has 3 N–H and O–H groups in total. The van der Waals surface area contributed by atoms with E-state index in [-0.39, 0.29) is 0 Å². The predicted molar refractivity (Wildman–Crippen MR) is 90.9 cm³/mol. The summed E-state index contributed by atoms with van der Waals surface area (Å²) < 4.78 is 2.16. The van der Waals surface area contributed by atoms with Crippen LogP contribution in [0, 0.1) is 13.8 Å². The number of aromatic nitrogens is 1. The zero-order valence-corrected chi connectivity index (χ0v) is 13.6. The van der Waals surface area contributed by atoms with Gasteiger partial charge in [-0.25, -0.2) is 4.98 Å². The first-order valence-corrected chi connectivity index (χ1v) is 7.84. The van der Waals surface area contributed by atoms with Crippen molar-refractivity contribution in [3.05, 3.63) is 45.4 Å². The Morgan fingerprint density at radius 3 is 2.75 bits per heavy atom. The maximum Gasteiger partial charge on any atom is 0.0907 e. The summed E-state index contributed by atoms with van der Waals surface area (Å²) in [4.78, 5) is 4.51. The van der Waals surface area contributed by atoms with Gasteiger partial charge in [0.05, 0.1) is 26.6 Å². The Labute approximate surface area is 130 Å². The van der Waals surface area contributed by atoms with Crippen LogP contribution in [0.25, 0.3) is 10.2 Å². The van der Waals surface area contributed by atoms with Crippen LogP contribution < -0.4 is 11.1 Å². The van der Waals surface area contributed by atoms with Gasteiger partial charge in [0.25, 0.3) is 0 Å². The minimum absolute atomic E-state index is 0.737. The molecule has 0 saturated heterocycles. The average molecular weight is 348 g/mol. The van der Waals surface area contributed by atoms with E-state index in [0.717, 1.165) is 36.8 Å². The fourth-order valence-corrected chi connectivity index (χ4v) is 3.31. The van der Waals surface area contributed by atoms with Gasteiger partial charge in [-0.15, -0.1) is 11.3 Å². The van der Waals surface area contributed by atoms with E-state index < -0.39 is 0 Å². The van der Waals surface area contributed by atoms with Crippen molar-refractivity contribution in [2.45, 2.75) is 13.8 Å². The van der Waals surface area contributed by atoms with Gasteiger partial charge in [-0.3, -0.25) is 0 Å². The number of fused-ring (bicyclic) bond motifs is 1. The van der Waals surface area contributed by atoms with E-state index in [2.05, 4.69) is 39.2 Å². The quantitative estimate of drug-likeness (QED) is 0.641. The lowest BCUT2D eigenvalue weighted by Crippen LogP contribution is -1.98. The Hall–Kier alpha value is -1.59. The molecule has 0 amide bonds. The second kappa shape index (κ2) is 5.07. The van der Waals surface area contributed by atoms with Gasteiger partial charge in [-0.2, -0.15) is 0 Å². The number of nitrogens with one attached hydrogen (secondary N) is 1. The molecule has 0 fully saturated rings. The molecular formula is C15H14BrN3S. The van der Waals surface area contributed by atoms with Crippen LogP contribution in [0.5, 0.6) is 0 Å². The molecule has 0 aliphatic rings. The Morgan fingerprint density at radius 2 is 1.95 bits per heavy atom. The van der Waals surface area contributed by atoms with E-state index >= 15 is 0 Å². The van der Waals surface area contributed by atoms with E-state index in [1.807, 2.05) is 31.2 Å². The highest BCUT2D eigenvalue weighted by molar-refractivity contribution is 9.10. The number of anilines is 3. The zero-order chi connectivity index (χ0) is 14.3. The molecule has 1 heterocycles. The second-order valence-corrected chi connectivity index (χ2v) is 6.87. The summed E-state index contributed by atoms with van der Waals surface area (Å²) in [6.45, 7) is 4.07. The molecule has 0 aliphatic heterocycles. The number of hydrogen-bond donors (Lipinski definition) is 2. The first-order valence-electron chi connectivity index (χ1n) is 6.23. The van der Waals surface area contributed by atoms with Crippen LogP contribution >= 0.6 is 27.3 Å². The zero-order valence-electron chi connectivity index (χ0n) is 11.2. The summed E-state index contributed by atoms with van der Waals surface area (Å²) in [5.74, 6) is 0. The summed E-state index contributed by atoms with van der Waals surface area (Å²) in [5, 5.41) is 4.44. The number of hydrogen-bond acceptors (Lipinski definition) is 4. The molecule has 2 aromatic carbocycles. The lowest BCUT2D eigenvalue weighted by molar-refractivity contribution is 1.34. The summed E-state index contributed by atoms with van der Waals surface area (Å²) in [7, 11) is 0. The molecule has 3 aromatic rings. The lowest BCUT2D eigenvalue weighted by atomic mass is 10.2. The first kappa shape index (κ1) is 13.4. The van der Waals surface area contributed by atoms with Crippen molar-refractivity contribution in [3.63, 3.8) is 0 Å². The van der Waals surface area contributed by atoms with Crippen molar-refractivity contribution in [2.24, 2.45) is 0 Å². The van der Waals surface area contributed by atoms with Gasteiger partial charge < -0.3 is 11.1 Å². The molecule has 0 spiro atoms. The Bertz CT molecular complexity index is 795. The Balaban J connectivity index is 2.05. The number of nitrogens with zero attached hydrogens (tertiary/aromatic N) is 1. The van der Waals surface area contributed by atoms with Gasteiger partial charge in [0, 0.05) is 10.2 Å². The minimum Gasteiger partial charge on any atom is -0.397 e. The molecule has 1 aromatic heterocycles. The predicted octanol–water partition coefficient (Wildman–Crippen LogP) is 5.00. The normalized spacial score (nSPS) is 10.9. The molecule has 3 rings (SSSR count). The van der Waals surface area contributed by atoms with Crippen molar-refractivity contribution in [1.82, 2.24) is 4.98 Å². The molecule has 5 heteroatoms. The fraction of sp³-hybridized carbons (Fsp3) is 0.133. The molecule has 0 atom stereocenters. The monoisotopic (exact) mass is 347 g/mol. The molecule has 0 radical (unpaired) electrons. The average Bonchev–Trinajstić information content (AvgIpc) is 2.73. The molecule has 0 bridgehead atoms. The smallest absolute Gasteiger partial charge is 0.0907 e.